The van der Waals surface area contributed by atoms with E-state index in [1.807, 2.05) is 0 Å². The first-order chi connectivity index (χ1) is 5.24. The maximum absolute atomic E-state index is 12.5. The summed E-state index contributed by atoms with van der Waals surface area (Å²) in [6.45, 7) is -0.192. The molecule has 0 amide bonds. The lowest BCUT2D eigenvalue weighted by Crippen LogP contribution is -1.98. The number of rotatable bonds is 2. The van der Waals surface area contributed by atoms with Gasteiger partial charge >= 0.3 is 0 Å². The van der Waals surface area contributed by atoms with E-state index >= 15 is 0 Å². The molecule has 0 saturated carbocycles. The number of anilines is 1. The molecule has 2 N–H and O–H groups in total. The van der Waals surface area contributed by atoms with Crippen LogP contribution in [0, 0.1) is 5.82 Å². The van der Waals surface area contributed by atoms with Crippen LogP contribution in [0.1, 0.15) is 0 Å². The SMILES string of the molecule is OCNc1ccc(F)c(Cl)c1. The second-order valence-corrected chi connectivity index (χ2v) is 2.37. The number of hydrogen-bond acceptors (Lipinski definition) is 2. The van der Waals surface area contributed by atoms with Crippen LogP contribution in [0.5, 0.6) is 0 Å². The van der Waals surface area contributed by atoms with E-state index < -0.39 is 5.82 Å². The van der Waals surface area contributed by atoms with Crippen molar-refractivity contribution >= 4 is 17.3 Å². The summed E-state index contributed by atoms with van der Waals surface area (Å²) in [5, 5.41) is 11.1. The zero-order chi connectivity index (χ0) is 8.27. The minimum absolute atomic E-state index is 0.0449. The van der Waals surface area contributed by atoms with Gasteiger partial charge in [-0.05, 0) is 18.2 Å². The molecule has 0 heterocycles. The molecule has 0 unspecified atom stereocenters. The van der Waals surface area contributed by atoms with E-state index in [0.717, 1.165) is 0 Å². The third kappa shape index (κ3) is 2.06. The van der Waals surface area contributed by atoms with Gasteiger partial charge in [0.1, 0.15) is 12.5 Å². The molecule has 0 aromatic heterocycles. The fourth-order valence-electron chi connectivity index (χ4n) is 0.697. The number of nitrogens with one attached hydrogen (secondary N) is 1. The Morgan fingerprint density at radius 3 is 2.82 bits per heavy atom. The number of halogens is 2. The first-order valence-electron chi connectivity index (χ1n) is 3.04. The van der Waals surface area contributed by atoms with Crippen molar-refractivity contribution in [2.45, 2.75) is 0 Å². The Bertz CT molecular complexity index is 254. The standard InChI is InChI=1S/C7H7ClFNO/c8-6-3-5(10-4-11)1-2-7(6)9/h1-3,10-11H,4H2. The summed E-state index contributed by atoms with van der Waals surface area (Å²) in [6, 6.07) is 4.14. The molecular formula is C7H7ClFNO. The molecule has 1 aromatic rings. The summed E-state index contributed by atoms with van der Waals surface area (Å²) in [7, 11) is 0. The molecule has 0 fully saturated rings. The second-order valence-electron chi connectivity index (χ2n) is 1.96. The lowest BCUT2D eigenvalue weighted by molar-refractivity contribution is 0.325. The maximum atomic E-state index is 12.5. The molecule has 0 atom stereocenters. The van der Waals surface area contributed by atoms with Gasteiger partial charge in [-0.15, -0.1) is 0 Å². The van der Waals surface area contributed by atoms with Crippen LogP contribution in [0.4, 0.5) is 10.1 Å². The van der Waals surface area contributed by atoms with Gasteiger partial charge in [0.15, 0.2) is 0 Å². The summed E-state index contributed by atoms with van der Waals surface area (Å²) in [5.74, 6) is -0.463. The summed E-state index contributed by atoms with van der Waals surface area (Å²) in [4.78, 5) is 0. The minimum Gasteiger partial charge on any atom is -0.377 e. The lowest BCUT2D eigenvalue weighted by Gasteiger charge is -2.02. The third-order valence-electron chi connectivity index (χ3n) is 1.20. The van der Waals surface area contributed by atoms with E-state index in [2.05, 4.69) is 5.32 Å². The van der Waals surface area contributed by atoms with Crippen LogP contribution in [0.15, 0.2) is 18.2 Å². The van der Waals surface area contributed by atoms with Crippen molar-refractivity contribution < 1.29 is 9.50 Å². The molecule has 0 aliphatic heterocycles. The van der Waals surface area contributed by atoms with E-state index in [-0.39, 0.29) is 11.8 Å². The van der Waals surface area contributed by atoms with Gasteiger partial charge in [-0.3, -0.25) is 0 Å². The van der Waals surface area contributed by atoms with Gasteiger partial charge < -0.3 is 10.4 Å². The zero-order valence-electron chi connectivity index (χ0n) is 5.64. The van der Waals surface area contributed by atoms with E-state index in [1.54, 1.807) is 0 Å². The Hall–Kier alpha value is -0.800. The Labute approximate surface area is 68.6 Å². The molecule has 0 aliphatic rings. The third-order valence-corrected chi connectivity index (χ3v) is 1.49. The molecule has 0 saturated heterocycles. The average Bonchev–Trinajstić information content (AvgIpc) is 1.98. The topological polar surface area (TPSA) is 32.3 Å². The summed E-state index contributed by atoms with van der Waals surface area (Å²) in [5.41, 5.74) is 0.596. The smallest absolute Gasteiger partial charge is 0.141 e. The molecule has 11 heavy (non-hydrogen) atoms. The maximum Gasteiger partial charge on any atom is 0.141 e. The van der Waals surface area contributed by atoms with Crippen molar-refractivity contribution in [2.24, 2.45) is 0 Å². The van der Waals surface area contributed by atoms with Gasteiger partial charge in [-0.1, -0.05) is 11.6 Å². The number of aliphatic hydroxyl groups excluding tert-OH is 1. The van der Waals surface area contributed by atoms with Crippen LogP contribution in [-0.4, -0.2) is 11.8 Å². The van der Waals surface area contributed by atoms with Crippen molar-refractivity contribution in [3.8, 4) is 0 Å². The van der Waals surface area contributed by atoms with Gasteiger partial charge in [-0.25, -0.2) is 4.39 Å². The molecule has 60 valence electrons. The predicted molar refractivity (Wildman–Crippen MR) is 42.1 cm³/mol. The zero-order valence-corrected chi connectivity index (χ0v) is 6.40. The molecular weight excluding hydrogens is 169 g/mol. The largest absolute Gasteiger partial charge is 0.377 e. The van der Waals surface area contributed by atoms with Crippen molar-refractivity contribution in [3.63, 3.8) is 0 Å². The molecule has 1 aromatic carbocycles. The van der Waals surface area contributed by atoms with Crippen LogP contribution >= 0.6 is 11.6 Å². The van der Waals surface area contributed by atoms with Crippen molar-refractivity contribution in [2.75, 3.05) is 12.0 Å². The van der Waals surface area contributed by atoms with Gasteiger partial charge in [-0.2, -0.15) is 0 Å². The molecule has 4 heteroatoms. The highest BCUT2D eigenvalue weighted by Gasteiger charge is 1.98. The summed E-state index contributed by atoms with van der Waals surface area (Å²) >= 11 is 5.45. The molecule has 0 aliphatic carbocycles. The normalized spacial score (nSPS) is 9.73. The molecule has 0 spiro atoms. The fourth-order valence-corrected chi connectivity index (χ4v) is 0.878. The van der Waals surface area contributed by atoms with Crippen LogP contribution in [0.25, 0.3) is 0 Å². The first-order valence-corrected chi connectivity index (χ1v) is 3.41. The van der Waals surface area contributed by atoms with Crippen molar-refractivity contribution in [3.05, 3.63) is 29.0 Å². The van der Waals surface area contributed by atoms with Crippen molar-refractivity contribution in [1.82, 2.24) is 0 Å². The monoisotopic (exact) mass is 175 g/mol. The van der Waals surface area contributed by atoms with Gasteiger partial charge in [0.2, 0.25) is 0 Å². The molecule has 1 rings (SSSR count). The van der Waals surface area contributed by atoms with E-state index in [4.69, 9.17) is 16.7 Å². The van der Waals surface area contributed by atoms with Gasteiger partial charge in [0, 0.05) is 5.69 Å². The Kier molecular flexibility index (Phi) is 2.68. The predicted octanol–water partition coefficient (Wildman–Crippen LogP) is 1.84. The van der Waals surface area contributed by atoms with E-state index in [9.17, 15) is 4.39 Å². The quantitative estimate of drug-likeness (QED) is 0.673. The number of benzene rings is 1. The summed E-state index contributed by atoms with van der Waals surface area (Å²) in [6.07, 6.45) is 0. The van der Waals surface area contributed by atoms with E-state index in [0.29, 0.717) is 5.69 Å². The van der Waals surface area contributed by atoms with Crippen molar-refractivity contribution in [1.29, 1.82) is 0 Å². The first kappa shape index (κ1) is 8.30. The highest BCUT2D eigenvalue weighted by atomic mass is 35.5. The second kappa shape index (κ2) is 3.55. The Morgan fingerprint density at radius 2 is 2.27 bits per heavy atom. The van der Waals surface area contributed by atoms with Crippen LogP contribution in [0.3, 0.4) is 0 Å². The highest BCUT2D eigenvalue weighted by Crippen LogP contribution is 2.18. The highest BCUT2D eigenvalue weighted by molar-refractivity contribution is 6.31. The summed E-state index contributed by atoms with van der Waals surface area (Å²) < 4.78 is 12.5. The molecule has 0 bridgehead atoms. The Balaban J connectivity index is 2.86. The molecule has 2 nitrogen and oxygen atoms in total. The minimum atomic E-state index is -0.463. The number of hydrogen-bond donors (Lipinski definition) is 2. The number of aliphatic hydroxyl groups is 1. The van der Waals surface area contributed by atoms with E-state index in [1.165, 1.54) is 18.2 Å². The van der Waals surface area contributed by atoms with Gasteiger partial charge in [0.25, 0.3) is 0 Å². The average molecular weight is 176 g/mol. The molecule has 0 radical (unpaired) electrons. The fraction of sp³-hybridized carbons (Fsp3) is 0.143. The van der Waals surface area contributed by atoms with Crippen LogP contribution < -0.4 is 5.32 Å². The Morgan fingerprint density at radius 1 is 1.55 bits per heavy atom. The van der Waals surface area contributed by atoms with Crippen LogP contribution in [-0.2, 0) is 0 Å². The van der Waals surface area contributed by atoms with Gasteiger partial charge in [0.05, 0.1) is 5.02 Å². The lowest BCUT2D eigenvalue weighted by atomic mass is 10.3. The van der Waals surface area contributed by atoms with Crippen LogP contribution in [0.2, 0.25) is 5.02 Å².